The van der Waals surface area contributed by atoms with Gasteiger partial charge in [-0.05, 0) is 57.0 Å². The predicted molar refractivity (Wildman–Crippen MR) is 74.2 cm³/mol. The molecule has 4 atom stereocenters. The van der Waals surface area contributed by atoms with Crippen LogP contribution in [0.25, 0.3) is 0 Å². The average Bonchev–Trinajstić information content (AvgIpc) is 2.77. The summed E-state index contributed by atoms with van der Waals surface area (Å²) in [5, 5.41) is 3.55. The molecule has 2 fully saturated rings. The normalized spacial score (nSPS) is 39.7. The first kappa shape index (κ1) is 13.4. The van der Waals surface area contributed by atoms with E-state index in [9.17, 15) is 0 Å². The Kier molecular flexibility index (Phi) is 4.87. The summed E-state index contributed by atoms with van der Waals surface area (Å²) in [6.07, 6.45) is 7.03. The van der Waals surface area contributed by atoms with E-state index in [1.54, 1.807) is 0 Å². The molecule has 1 saturated heterocycles. The van der Waals surface area contributed by atoms with Crippen LogP contribution in [0, 0.1) is 17.8 Å². The fraction of sp³-hybridized carbons (Fsp3) is 1.00. The Bertz CT molecular complexity index is 229. The van der Waals surface area contributed by atoms with Crippen molar-refractivity contribution < 1.29 is 0 Å². The SMILES string of the molecule is CCC1CCN(CC2CC(C)CCC2NC)C1. The highest BCUT2D eigenvalue weighted by molar-refractivity contribution is 4.86. The summed E-state index contributed by atoms with van der Waals surface area (Å²) in [5.74, 6) is 2.80. The smallest absolute Gasteiger partial charge is 0.0105 e. The predicted octanol–water partition coefficient (Wildman–Crippen LogP) is 2.74. The molecule has 1 N–H and O–H groups in total. The van der Waals surface area contributed by atoms with E-state index in [2.05, 4.69) is 31.1 Å². The van der Waals surface area contributed by atoms with Crippen LogP contribution in [-0.4, -0.2) is 37.6 Å². The van der Waals surface area contributed by atoms with Gasteiger partial charge in [-0.15, -0.1) is 0 Å². The Hall–Kier alpha value is -0.0800. The van der Waals surface area contributed by atoms with Gasteiger partial charge in [0.2, 0.25) is 0 Å². The Morgan fingerprint density at radius 3 is 2.71 bits per heavy atom. The number of likely N-dealkylation sites (tertiary alicyclic amines) is 1. The molecule has 1 aliphatic carbocycles. The van der Waals surface area contributed by atoms with Gasteiger partial charge in [0.15, 0.2) is 0 Å². The maximum atomic E-state index is 3.55. The highest BCUT2D eigenvalue weighted by Gasteiger charge is 2.31. The Morgan fingerprint density at radius 2 is 2.06 bits per heavy atom. The number of rotatable bonds is 4. The minimum Gasteiger partial charge on any atom is -0.317 e. The molecule has 100 valence electrons. The minimum absolute atomic E-state index is 0.770. The molecular weight excluding hydrogens is 208 g/mol. The number of hydrogen-bond acceptors (Lipinski definition) is 2. The van der Waals surface area contributed by atoms with Crippen LogP contribution in [0.4, 0.5) is 0 Å². The van der Waals surface area contributed by atoms with Gasteiger partial charge in [0, 0.05) is 19.1 Å². The number of hydrogen-bond donors (Lipinski definition) is 1. The third kappa shape index (κ3) is 3.45. The molecule has 0 bridgehead atoms. The molecule has 4 unspecified atom stereocenters. The van der Waals surface area contributed by atoms with Crippen LogP contribution in [0.1, 0.15) is 46.0 Å². The molecule has 0 spiro atoms. The Labute approximate surface area is 107 Å². The van der Waals surface area contributed by atoms with Crippen molar-refractivity contribution in [2.75, 3.05) is 26.7 Å². The largest absolute Gasteiger partial charge is 0.317 e. The lowest BCUT2D eigenvalue weighted by atomic mass is 9.78. The van der Waals surface area contributed by atoms with Gasteiger partial charge in [-0.2, -0.15) is 0 Å². The van der Waals surface area contributed by atoms with Gasteiger partial charge in [-0.25, -0.2) is 0 Å². The number of nitrogens with one attached hydrogen (secondary N) is 1. The third-order valence-corrected chi connectivity index (χ3v) is 5.06. The maximum Gasteiger partial charge on any atom is 0.0105 e. The van der Waals surface area contributed by atoms with E-state index in [-0.39, 0.29) is 0 Å². The minimum atomic E-state index is 0.770. The van der Waals surface area contributed by atoms with Crippen molar-refractivity contribution in [3.8, 4) is 0 Å². The molecule has 2 heteroatoms. The second-order valence-electron chi connectivity index (χ2n) is 6.40. The second kappa shape index (κ2) is 6.19. The fourth-order valence-electron chi connectivity index (χ4n) is 3.82. The van der Waals surface area contributed by atoms with Crippen molar-refractivity contribution in [1.82, 2.24) is 10.2 Å². The van der Waals surface area contributed by atoms with E-state index < -0.39 is 0 Å². The summed E-state index contributed by atoms with van der Waals surface area (Å²) in [7, 11) is 2.15. The van der Waals surface area contributed by atoms with Crippen molar-refractivity contribution in [2.24, 2.45) is 17.8 Å². The third-order valence-electron chi connectivity index (χ3n) is 5.06. The molecule has 2 aliphatic rings. The Balaban J connectivity index is 1.83. The molecule has 0 radical (unpaired) electrons. The van der Waals surface area contributed by atoms with Crippen LogP contribution in [-0.2, 0) is 0 Å². The highest BCUT2D eigenvalue weighted by Crippen LogP contribution is 2.31. The summed E-state index contributed by atoms with van der Waals surface area (Å²) in [6, 6.07) is 0.770. The van der Waals surface area contributed by atoms with Gasteiger partial charge in [0.25, 0.3) is 0 Å². The molecule has 1 saturated carbocycles. The van der Waals surface area contributed by atoms with Crippen LogP contribution >= 0.6 is 0 Å². The molecule has 2 rings (SSSR count). The lowest BCUT2D eigenvalue weighted by Gasteiger charge is -2.37. The van der Waals surface area contributed by atoms with Crippen LogP contribution in [0.15, 0.2) is 0 Å². The molecule has 0 amide bonds. The van der Waals surface area contributed by atoms with Crippen molar-refractivity contribution in [3.63, 3.8) is 0 Å². The van der Waals surface area contributed by atoms with E-state index in [0.717, 1.165) is 23.8 Å². The average molecular weight is 238 g/mol. The topological polar surface area (TPSA) is 15.3 Å². The van der Waals surface area contributed by atoms with Crippen molar-refractivity contribution in [2.45, 2.75) is 52.0 Å². The van der Waals surface area contributed by atoms with E-state index in [1.165, 1.54) is 51.7 Å². The van der Waals surface area contributed by atoms with Crippen LogP contribution in [0.3, 0.4) is 0 Å². The maximum absolute atomic E-state index is 3.55. The second-order valence-corrected chi connectivity index (χ2v) is 6.40. The van der Waals surface area contributed by atoms with Gasteiger partial charge >= 0.3 is 0 Å². The molecule has 17 heavy (non-hydrogen) atoms. The molecule has 0 aromatic carbocycles. The quantitative estimate of drug-likeness (QED) is 0.810. The zero-order valence-electron chi connectivity index (χ0n) is 11.9. The lowest BCUT2D eigenvalue weighted by Crippen LogP contribution is -2.43. The van der Waals surface area contributed by atoms with Crippen molar-refractivity contribution in [3.05, 3.63) is 0 Å². The standard InChI is InChI=1S/C15H30N2/c1-4-13-7-8-17(10-13)11-14-9-12(2)5-6-15(14)16-3/h12-16H,4-11H2,1-3H3. The zero-order chi connectivity index (χ0) is 12.3. The first-order valence-corrected chi connectivity index (χ1v) is 7.62. The van der Waals surface area contributed by atoms with Gasteiger partial charge in [-0.1, -0.05) is 20.3 Å². The first-order chi connectivity index (χ1) is 8.22. The monoisotopic (exact) mass is 238 g/mol. The van der Waals surface area contributed by atoms with Crippen molar-refractivity contribution in [1.29, 1.82) is 0 Å². The molecule has 0 aromatic heterocycles. The molecule has 1 aliphatic heterocycles. The van der Waals surface area contributed by atoms with E-state index in [0.29, 0.717) is 0 Å². The zero-order valence-corrected chi connectivity index (χ0v) is 11.9. The molecule has 2 nitrogen and oxygen atoms in total. The Morgan fingerprint density at radius 1 is 1.24 bits per heavy atom. The van der Waals surface area contributed by atoms with Crippen LogP contribution in [0.2, 0.25) is 0 Å². The fourth-order valence-corrected chi connectivity index (χ4v) is 3.82. The van der Waals surface area contributed by atoms with Crippen LogP contribution in [0.5, 0.6) is 0 Å². The van der Waals surface area contributed by atoms with E-state index >= 15 is 0 Å². The van der Waals surface area contributed by atoms with E-state index in [1.807, 2.05) is 0 Å². The summed E-state index contributed by atoms with van der Waals surface area (Å²) in [5.41, 5.74) is 0. The molecular formula is C15H30N2. The lowest BCUT2D eigenvalue weighted by molar-refractivity contribution is 0.162. The summed E-state index contributed by atoms with van der Waals surface area (Å²) in [6.45, 7) is 8.81. The van der Waals surface area contributed by atoms with E-state index in [4.69, 9.17) is 0 Å². The van der Waals surface area contributed by atoms with Gasteiger partial charge in [-0.3, -0.25) is 0 Å². The summed E-state index contributed by atoms with van der Waals surface area (Å²) in [4.78, 5) is 2.72. The molecule has 1 heterocycles. The summed E-state index contributed by atoms with van der Waals surface area (Å²) < 4.78 is 0. The van der Waals surface area contributed by atoms with Gasteiger partial charge in [0.05, 0.1) is 0 Å². The van der Waals surface area contributed by atoms with Crippen molar-refractivity contribution >= 4 is 0 Å². The highest BCUT2D eigenvalue weighted by atomic mass is 15.1. The number of nitrogens with zero attached hydrogens (tertiary/aromatic N) is 1. The van der Waals surface area contributed by atoms with Gasteiger partial charge in [0.1, 0.15) is 0 Å². The van der Waals surface area contributed by atoms with Crippen LogP contribution < -0.4 is 5.32 Å². The molecule has 0 aromatic rings. The summed E-state index contributed by atoms with van der Waals surface area (Å²) >= 11 is 0. The first-order valence-electron chi connectivity index (χ1n) is 7.62. The van der Waals surface area contributed by atoms with Gasteiger partial charge < -0.3 is 10.2 Å².